The molecule has 34 heavy (non-hydrogen) atoms. The molecule has 0 radical (unpaired) electrons. The van der Waals surface area contributed by atoms with E-state index in [-0.39, 0.29) is 0 Å². The van der Waals surface area contributed by atoms with Crippen molar-refractivity contribution < 1.29 is 13.9 Å². The van der Waals surface area contributed by atoms with Crippen LogP contribution in [0.25, 0.3) is 10.8 Å². The molecule has 2 aliphatic rings. The van der Waals surface area contributed by atoms with Crippen molar-refractivity contribution >= 4 is 39.8 Å². The fourth-order valence-corrected chi connectivity index (χ4v) is 4.93. The van der Waals surface area contributed by atoms with E-state index < -0.39 is 11.7 Å². The summed E-state index contributed by atoms with van der Waals surface area (Å²) >= 11 is 6.46. The number of anilines is 2. The maximum atomic E-state index is 13.3. The number of hydrogen-bond acceptors (Lipinski definition) is 7. The van der Waals surface area contributed by atoms with Gasteiger partial charge in [0.2, 0.25) is 0 Å². The van der Waals surface area contributed by atoms with Crippen molar-refractivity contribution in [2.75, 3.05) is 49.6 Å². The normalized spacial score (nSPS) is 15.9. The van der Waals surface area contributed by atoms with E-state index in [9.17, 15) is 9.18 Å². The van der Waals surface area contributed by atoms with Crippen LogP contribution >= 0.6 is 11.6 Å². The summed E-state index contributed by atoms with van der Waals surface area (Å²) < 4.78 is 18.7. The molecule has 0 unspecified atom stereocenters. The van der Waals surface area contributed by atoms with Gasteiger partial charge in [-0.05, 0) is 23.9 Å². The number of piperazine rings is 1. The van der Waals surface area contributed by atoms with E-state index in [4.69, 9.17) is 16.3 Å². The molecular formula is C24H24ClFN6O2. The predicted octanol–water partition coefficient (Wildman–Crippen LogP) is 3.38. The van der Waals surface area contributed by atoms with Gasteiger partial charge in [0.1, 0.15) is 11.0 Å². The van der Waals surface area contributed by atoms with Crippen LogP contribution in [-0.2, 0) is 17.8 Å². The topological polar surface area (TPSA) is 74.7 Å². The fourth-order valence-electron chi connectivity index (χ4n) is 4.67. The van der Waals surface area contributed by atoms with E-state index in [0.29, 0.717) is 43.9 Å². The molecule has 1 amide bonds. The third-order valence-corrected chi connectivity index (χ3v) is 6.65. The van der Waals surface area contributed by atoms with Crippen molar-refractivity contribution in [3.63, 3.8) is 0 Å². The number of carbonyl (C=O) groups excluding carboxylic acids is 1. The van der Waals surface area contributed by atoms with Gasteiger partial charge < -0.3 is 19.4 Å². The number of aromatic nitrogens is 3. The Bertz CT molecular complexity index is 1270. The van der Waals surface area contributed by atoms with Gasteiger partial charge in [-0.25, -0.2) is 9.37 Å². The summed E-state index contributed by atoms with van der Waals surface area (Å²) in [5.41, 5.74) is 2.97. The highest BCUT2D eigenvalue weighted by atomic mass is 35.5. The van der Waals surface area contributed by atoms with Crippen LogP contribution in [0.1, 0.15) is 11.3 Å². The van der Waals surface area contributed by atoms with E-state index >= 15 is 0 Å². The lowest BCUT2D eigenvalue weighted by Crippen LogP contribution is -2.49. The highest BCUT2D eigenvalue weighted by Gasteiger charge is 2.29. The lowest BCUT2D eigenvalue weighted by atomic mass is 10.0. The number of nitrogens with zero attached hydrogens (tertiary/aromatic N) is 6. The molecule has 4 heterocycles. The number of hydrogen-bond donors (Lipinski definition) is 0. The quantitative estimate of drug-likeness (QED) is 0.417. The number of rotatable bonds is 4. The van der Waals surface area contributed by atoms with E-state index in [1.165, 1.54) is 4.90 Å². The first-order chi connectivity index (χ1) is 16.5. The van der Waals surface area contributed by atoms with Crippen molar-refractivity contribution in [1.29, 1.82) is 0 Å². The van der Waals surface area contributed by atoms with Crippen molar-refractivity contribution in [3.8, 4) is 6.01 Å². The number of carbonyl (C=O) groups is 1. The van der Waals surface area contributed by atoms with Gasteiger partial charge in [-0.3, -0.25) is 4.79 Å². The summed E-state index contributed by atoms with van der Waals surface area (Å²) in [6.45, 7) is 6.34. The van der Waals surface area contributed by atoms with E-state index in [0.717, 1.165) is 46.5 Å². The second-order valence-corrected chi connectivity index (χ2v) is 8.65. The Morgan fingerprint density at radius 3 is 2.65 bits per heavy atom. The zero-order valence-electron chi connectivity index (χ0n) is 18.8. The number of fused-ring (bicyclic) bond motifs is 2. The van der Waals surface area contributed by atoms with E-state index in [2.05, 4.69) is 37.4 Å². The Morgan fingerprint density at radius 1 is 1.12 bits per heavy atom. The lowest BCUT2D eigenvalue weighted by Gasteiger charge is -2.38. The molecule has 2 aromatic heterocycles. The molecule has 176 valence electrons. The third-order valence-electron chi connectivity index (χ3n) is 6.37. The van der Waals surface area contributed by atoms with Crippen LogP contribution in [0.3, 0.4) is 0 Å². The average Bonchev–Trinajstić information content (AvgIpc) is 2.87. The first kappa shape index (κ1) is 22.3. The van der Waals surface area contributed by atoms with Gasteiger partial charge >= 0.3 is 6.01 Å². The zero-order valence-corrected chi connectivity index (χ0v) is 19.6. The fraction of sp³-hybridized carbons (Fsp3) is 0.333. The summed E-state index contributed by atoms with van der Waals surface area (Å²) in [4.78, 5) is 31.3. The molecule has 1 saturated heterocycles. The Kier molecular flexibility index (Phi) is 5.95. The molecule has 5 rings (SSSR count). The number of benzene rings is 1. The van der Waals surface area contributed by atoms with Crippen LogP contribution in [0.4, 0.5) is 15.9 Å². The Balaban J connectivity index is 1.44. The van der Waals surface area contributed by atoms with Crippen molar-refractivity contribution in [2.24, 2.45) is 0 Å². The molecular weight excluding hydrogens is 459 g/mol. The SMILES string of the molecule is C=C(F)C(=O)N1CCN(c2nc(OC)nc3c2CCN(c2cccc4ccnc(Cl)c24)C3)CC1. The van der Waals surface area contributed by atoms with Gasteiger partial charge in [-0.2, -0.15) is 9.97 Å². The Hall–Kier alpha value is -3.46. The van der Waals surface area contributed by atoms with Gasteiger partial charge in [-0.1, -0.05) is 30.3 Å². The highest BCUT2D eigenvalue weighted by Crippen LogP contribution is 2.36. The van der Waals surface area contributed by atoms with Crippen LogP contribution < -0.4 is 14.5 Å². The number of ether oxygens (including phenoxy) is 1. The Morgan fingerprint density at radius 2 is 1.91 bits per heavy atom. The van der Waals surface area contributed by atoms with Crippen LogP contribution in [0, 0.1) is 0 Å². The zero-order chi connectivity index (χ0) is 23.8. The van der Waals surface area contributed by atoms with Gasteiger partial charge in [0.05, 0.1) is 19.3 Å². The summed E-state index contributed by atoms with van der Waals surface area (Å²) in [5, 5.41) is 2.43. The van der Waals surface area contributed by atoms with Crippen molar-refractivity contribution in [3.05, 3.63) is 59.3 Å². The number of halogens is 2. The first-order valence-corrected chi connectivity index (χ1v) is 11.4. The maximum Gasteiger partial charge on any atom is 0.318 e. The van der Waals surface area contributed by atoms with Crippen LogP contribution in [0.2, 0.25) is 5.15 Å². The monoisotopic (exact) mass is 482 g/mol. The number of amides is 1. The average molecular weight is 483 g/mol. The van der Waals surface area contributed by atoms with E-state index in [1.807, 2.05) is 18.2 Å². The molecule has 2 aliphatic heterocycles. The van der Waals surface area contributed by atoms with Crippen molar-refractivity contribution in [1.82, 2.24) is 19.9 Å². The Labute approximate surface area is 201 Å². The number of methoxy groups -OCH3 is 1. The molecule has 0 spiro atoms. The standard InChI is InChI=1S/C24H24ClFN6O2/c1-15(26)23(33)31-12-10-30(11-13-31)22-17-7-9-32(14-18(17)28-24(29-22)34-2)19-5-3-4-16-6-8-27-21(25)20(16)19/h3-6,8H,1,7,9-14H2,2H3. The van der Waals surface area contributed by atoms with Gasteiger partial charge in [-0.15, -0.1) is 0 Å². The lowest BCUT2D eigenvalue weighted by molar-refractivity contribution is -0.128. The summed E-state index contributed by atoms with van der Waals surface area (Å²) in [6.07, 6.45) is 2.45. The van der Waals surface area contributed by atoms with Crippen LogP contribution in [0.15, 0.2) is 42.9 Å². The largest absolute Gasteiger partial charge is 0.467 e. The minimum absolute atomic E-state index is 0.295. The first-order valence-electron chi connectivity index (χ1n) is 11.1. The molecule has 1 fully saturated rings. The second kappa shape index (κ2) is 9.06. The summed E-state index contributed by atoms with van der Waals surface area (Å²) in [5.74, 6) is -0.774. The molecule has 0 bridgehead atoms. The highest BCUT2D eigenvalue weighted by molar-refractivity contribution is 6.35. The predicted molar refractivity (Wildman–Crippen MR) is 129 cm³/mol. The minimum Gasteiger partial charge on any atom is -0.467 e. The maximum absolute atomic E-state index is 13.3. The molecule has 3 aromatic rings. The number of pyridine rings is 1. The van der Waals surface area contributed by atoms with Crippen LogP contribution in [0.5, 0.6) is 6.01 Å². The molecule has 10 heteroatoms. The molecule has 8 nitrogen and oxygen atoms in total. The van der Waals surface area contributed by atoms with Gasteiger partial charge in [0.15, 0.2) is 5.83 Å². The molecule has 0 atom stereocenters. The van der Waals surface area contributed by atoms with Crippen LogP contribution in [-0.4, -0.2) is 65.6 Å². The smallest absolute Gasteiger partial charge is 0.318 e. The minimum atomic E-state index is -0.932. The third kappa shape index (κ3) is 4.00. The molecule has 1 aromatic carbocycles. The molecule has 0 N–H and O–H groups in total. The van der Waals surface area contributed by atoms with Gasteiger partial charge in [0.25, 0.3) is 5.91 Å². The molecule has 0 saturated carbocycles. The second-order valence-electron chi connectivity index (χ2n) is 8.29. The van der Waals surface area contributed by atoms with E-state index in [1.54, 1.807) is 13.3 Å². The van der Waals surface area contributed by atoms with Gasteiger partial charge in [0, 0.05) is 55.6 Å². The van der Waals surface area contributed by atoms with Crippen molar-refractivity contribution in [2.45, 2.75) is 13.0 Å². The summed E-state index contributed by atoms with van der Waals surface area (Å²) in [7, 11) is 1.55. The summed E-state index contributed by atoms with van der Waals surface area (Å²) in [6, 6.07) is 8.34. The molecule has 0 aliphatic carbocycles.